The number of hydrogen-bond donors (Lipinski definition) is 0. The number of aromatic nitrogens is 4. The maximum atomic E-state index is 6.84. The van der Waals surface area contributed by atoms with Crippen LogP contribution in [-0.4, -0.2) is 27.4 Å². The molecule has 1 saturated heterocycles. The second-order valence-corrected chi connectivity index (χ2v) is 27.3. The zero-order valence-electron chi connectivity index (χ0n) is 35.1. The Kier molecular flexibility index (Phi) is 8.65. The van der Waals surface area contributed by atoms with E-state index in [0.29, 0.717) is 0 Å². The predicted molar refractivity (Wildman–Crippen MR) is 255 cm³/mol. The molecule has 300 valence electrons. The van der Waals surface area contributed by atoms with Crippen LogP contribution in [-0.2, 0) is 5.41 Å². The number of para-hydroxylation sites is 4. The molecule has 10 aromatic rings. The van der Waals surface area contributed by atoms with Crippen molar-refractivity contribution >= 4 is 50.5 Å². The Morgan fingerprint density at radius 1 is 0.613 bits per heavy atom. The van der Waals surface area contributed by atoms with Crippen molar-refractivity contribution in [2.24, 2.45) is 0 Å². The molecule has 1 fully saturated rings. The van der Waals surface area contributed by atoms with Gasteiger partial charge < -0.3 is 0 Å². The average molecular weight is 864 g/mol. The number of nitrogens with zero attached hydrogens (tertiary/aromatic N) is 4. The molecule has 3 aromatic heterocycles. The Morgan fingerprint density at radius 2 is 1.26 bits per heavy atom. The van der Waals surface area contributed by atoms with E-state index in [-0.39, 0.29) is 5.41 Å². The van der Waals surface area contributed by atoms with Crippen molar-refractivity contribution in [3.63, 3.8) is 0 Å². The molecule has 0 saturated carbocycles. The van der Waals surface area contributed by atoms with Gasteiger partial charge in [-0.3, -0.25) is 4.57 Å². The number of fused-ring (bicyclic) bond motifs is 6. The molecule has 2 aliphatic heterocycles. The standard InChI is InChI=1S/C56H46GeN4O/c1-56(2)37-57(32-13-14-33-57)48-31-34-58-55(53(48)56)61-49-26-10-9-23-46(49)47-30-29-43(36-52(47)61)62-42-22-15-21-41(35-42)59-38-60(51-28-12-11-27-50(51)59)54-44(39-17-5-3-6-18-39)24-16-25-45(54)40-19-7-4-8-20-40/h3-12,15-31,34-36H,13-14,32-33,37H2,1-2H3. The van der Waals surface area contributed by atoms with Gasteiger partial charge in [-0.2, -0.15) is 0 Å². The predicted octanol–water partition coefficient (Wildman–Crippen LogP) is 13.1. The second kappa shape index (κ2) is 14.5. The molecule has 6 heteroatoms. The van der Waals surface area contributed by atoms with Crippen LogP contribution >= 0.6 is 0 Å². The molecule has 0 atom stereocenters. The first kappa shape index (κ1) is 37.1. The van der Waals surface area contributed by atoms with E-state index in [0.717, 1.165) is 67.5 Å². The van der Waals surface area contributed by atoms with E-state index in [4.69, 9.17) is 9.72 Å². The van der Waals surface area contributed by atoms with Crippen LogP contribution in [0.15, 0.2) is 182 Å². The summed E-state index contributed by atoms with van der Waals surface area (Å²) in [5.41, 5.74) is 12.6. The summed E-state index contributed by atoms with van der Waals surface area (Å²) in [6, 6.07) is 62.5. The van der Waals surface area contributed by atoms with E-state index in [2.05, 4.69) is 210 Å². The van der Waals surface area contributed by atoms with E-state index in [1.165, 1.54) is 50.5 Å². The zero-order valence-corrected chi connectivity index (χ0v) is 37.2. The number of ether oxygens (including phenoxy) is 1. The van der Waals surface area contributed by atoms with Gasteiger partial charge in [-0.25, -0.2) is 0 Å². The molecule has 0 radical (unpaired) electrons. The van der Waals surface area contributed by atoms with Crippen molar-refractivity contribution in [2.75, 3.05) is 0 Å². The van der Waals surface area contributed by atoms with Gasteiger partial charge in [0.05, 0.1) is 16.7 Å². The van der Waals surface area contributed by atoms with Gasteiger partial charge >= 0.3 is 214 Å². The molecule has 0 amide bonds. The summed E-state index contributed by atoms with van der Waals surface area (Å²) in [6.45, 7) is 4.95. The maximum absolute atomic E-state index is 6.84. The number of pyridine rings is 1. The van der Waals surface area contributed by atoms with Crippen LogP contribution in [0.25, 0.3) is 72.3 Å². The molecule has 7 aromatic carbocycles. The summed E-state index contributed by atoms with van der Waals surface area (Å²) in [5.74, 6) is 2.64. The number of benzene rings is 7. The summed E-state index contributed by atoms with van der Waals surface area (Å²) < 4.78 is 15.4. The SMILES string of the molecule is CC1(C)[CH2][Ge]2([CH2]CC[CH2]2)[c]2ccnc(-n3c4ccccc4c4ccc(Oc5cccc(-n6[c-][n+](-c7c(-c8ccccc8)cccc7-c7ccccc7)c7ccccc76)c5)cc43)c21. The molecule has 62 heavy (non-hydrogen) atoms. The van der Waals surface area contributed by atoms with E-state index < -0.39 is 13.3 Å². The van der Waals surface area contributed by atoms with Gasteiger partial charge in [0.1, 0.15) is 0 Å². The molecular weight excluding hydrogens is 817 g/mol. The van der Waals surface area contributed by atoms with E-state index in [1.807, 2.05) is 6.07 Å². The molecule has 0 bridgehead atoms. The summed E-state index contributed by atoms with van der Waals surface area (Å²) in [4.78, 5) is 5.24. The monoisotopic (exact) mass is 864 g/mol. The first-order valence-electron chi connectivity index (χ1n) is 22.0. The average Bonchev–Trinajstić information content (AvgIpc) is 4.08. The van der Waals surface area contributed by atoms with Crippen LogP contribution in [0.3, 0.4) is 0 Å². The Hall–Kier alpha value is -6.70. The van der Waals surface area contributed by atoms with Crippen LogP contribution in [0.1, 0.15) is 32.3 Å². The van der Waals surface area contributed by atoms with Crippen LogP contribution < -0.4 is 13.7 Å². The fraction of sp³-hybridized carbons (Fsp3) is 0.143. The number of hydrogen-bond acceptors (Lipinski definition) is 2. The third-order valence-electron chi connectivity index (χ3n) is 13.7. The molecule has 0 unspecified atom stereocenters. The third-order valence-corrected chi connectivity index (χ3v) is 25.7. The van der Waals surface area contributed by atoms with Crippen molar-refractivity contribution in [1.29, 1.82) is 0 Å². The molecule has 0 N–H and O–H groups in total. The molecule has 0 aliphatic carbocycles. The number of imidazole rings is 1. The topological polar surface area (TPSA) is 35.9 Å². The fourth-order valence-corrected chi connectivity index (χ4v) is 24.8. The zero-order chi connectivity index (χ0) is 41.4. The van der Waals surface area contributed by atoms with Gasteiger partial charge in [0.25, 0.3) is 6.33 Å². The Balaban J connectivity index is 0.974. The summed E-state index contributed by atoms with van der Waals surface area (Å²) >= 11 is -2.19. The van der Waals surface area contributed by atoms with Gasteiger partial charge in [0.2, 0.25) is 0 Å². The van der Waals surface area contributed by atoms with E-state index in [9.17, 15) is 0 Å². The van der Waals surface area contributed by atoms with Crippen LogP contribution in [0.4, 0.5) is 0 Å². The molecule has 5 heterocycles. The van der Waals surface area contributed by atoms with Gasteiger partial charge in [0, 0.05) is 0 Å². The molecule has 1 spiro atoms. The van der Waals surface area contributed by atoms with Gasteiger partial charge in [-0.1, -0.05) is 103 Å². The van der Waals surface area contributed by atoms with Crippen molar-refractivity contribution < 1.29 is 9.30 Å². The Labute approximate surface area is 364 Å². The quantitative estimate of drug-likeness (QED) is 0.0909. The summed E-state index contributed by atoms with van der Waals surface area (Å²) in [7, 11) is 0. The van der Waals surface area contributed by atoms with Crippen LogP contribution in [0.5, 0.6) is 11.5 Å². The molecule has 12 rings (SSSR count). The first-order valence-corrected chi connectivity index (χ1v) is 27.5. The van der Waals surface area contributed by atoms with Crippen molar-refractivity contribution in [3.8, 4) is 50.9 Å². The van der Waals surface area contributed by atoms with Crippen LogP contribution in [0, 0.1) is 6.33 Å². The Bertz CT molecular complexity index is 3280. The molecule has 2 aliphatic rings. The van der Waals surface area contributed by atoms with Gasteiger partial charge in [-0.05, 0) is 22.3 Å². The van der Waals surface area contributed by atoms with E-state index in [1.54, 1.807) is 4.40 Å². The fourth-order valence-electron chi connectivity index (χ4n) is 11.2. The normalized spacial score (nSPS) is 15.2. The van der Waals surface area contributed by atoms with Gasteiger partial charge in [-0.15, -0.1) is 0 Å². The summed E-state index contributed by atoms with van der Waals surface area (Å²) in [5, 5.41) is 6.71. The Morgan fingerprint density at radius 3 is 2.02 bits per heavy atom. The van der Waals surface area contributed by atoms with Crippen molar-refractivity contribution in [3.05, 3.63) is 194 Å². The minimum absolute atomic E-state index is 0.0973. The minimum atomic E-state index is -2.19. The second-order valence-electron chi connectivity index (χ2n) is 17.9. The van der Waals surface area contributed by atoms with Gasteiger partial charge in [0.15, 0.2) is 0 Å². The number of rotatable bonds is 7. The third kappa shape index (κ3) is 5.89. The molecule has 5 nitrogen and oxygen atoms in total. The van der Waals surface area contributed by atoms with E-state index >= 15 is 0 Å². The van der Waals surface area contributed by atoms with Crippen molar-refractivity contribution in [2.45, 2.75) is 47.9 Å². The first-order chi connectivity index (χ1) is 30.5. The van der Waals surface area contributed by atoms with Crippen molar-refractivity contribution in [1.82, 2.24) is 14.1 Å². The van der Waals surface area contributed by atoms with Crippen LogP contribution in [0.2, 0.25) is 15.8 Å². The summed E-state index contributed by atoms with van der Waals surface area (Å²) in [6.07, 6.45) is 8.69. The molecular formula is C56H46GeN4O.